The number of halogens is 7. The summed E-state index contributed by atoms with van der Waals surface area (Å²) in [7, 11) is 0. The Hall–Kier alpha value is 0.620. The fraction of sp³-hybridized carbons (Fsp3) is 0.889. The van der Waals surface area contributed by atoms with E-state index in [1.165, 1.54) is 13.8 Å². The summed E-state index contributed by atoms with van der Waals surface area (Å²) in [6.45, 7) is 2.81. The Labute approximate surface area is 118 Å². The standard InChI is InChI=1S/C9H11Cl4F3O/c1-7(2,11)5(6(17)4-10)3-8(12,13)9(14,15)16/h5H,3-4H2,1-2H3. The third kappa shape index (κ3) is 5.01. The summed E-state index contributed by atoms with van der Waals surface area (Å²) in [5, 5.41) is 0. The number of ketones is 1. The Morgan fingerprint density at radius 3 is 1.82 bits per heavy atom. The molecule has 0 amide bonds. The van der Waals surface area contributed by atoms with E-state index in [1.54, 1.807) is 0 Å². The summed E-state index contributed by atoms with van der Waals surface area (Å²) >= 11 is 21.6. The average molecular weight is 334 g/mol. The highest BCUT2D eigenvalue weighted by molar-refractivity contribution is 6.49. The van der Waals surface area contributed by atoms with Crippen molar-refractivity contribution < 1.29 is 18.0 Å². The molecule has 0 heterocycles. The summed E-state index contributed by atoms with van der Waals surface area (Å²) in [5.41, 5.74) is 0. The second-order valence-corrected chi connectivity index (χ2v) is 6.85. The van der Waals surface area contributed by atoms with Crippen molar-refractivity contribution >= 4 is 52.2 Å². The van der Waals surface area contributed by atoms with Crippen molar-refractivity contribution in [2.45, 2.75) is 35.7 Å². The molecule has 0 rings (SSSR count). The van der Waals surface area contributed by atoms with E-state index in [1.807, 2.05) is 0 Å². The van der Waals surface area contributed by atoms with E-state index in [-0.39, 0.29) is 0 Å². The van der Waals surface area contributed by atoms with Crippen LogP contribution in [0.25, 0.3) is 0 Å². The van der Waals surface area contributed by atoms with Gasteiger partial charge in [0.1, 0.15) is 0 Å². The van der Waals surface area contributed by atoms with E-state index in [9.17, 15) is 18.0 Å². The van der Waals surface area contributed by atoms with Gasteiger partial charge in [-0.2, -0.15) is 13.2 Å². The van der Waals surface area contributed by atoms with Crippen molar-refractivity contribution in [2.75, 3.05) is 5.88 Å². The summed E-state index contributed by atoms with van der Waals surface area (Å²) in [6.07, 6.45) is -5.68. The van der Waals surface area contributed by atoms with Crippen LogP contribution >= 0.6 is 46.4 Å². The molecule has 0 N–H and O–H groups in total. The predicted molar refractivity (Wildman–Crippen MR) is 64.3 cm³/mol. The second kappa shape index (κ2) is 5.72. The van der Waals surface area contributed by atoms with Gasteiger partial charge in [0.05, 0.1) is 5.88 Å². The molecule has 0 fully saturated rings. The van der Waals surface area contributed by atoms with E-state index >= 15 is 0 Å². The van der Waals surface area contributed by atoms with Gasteiger partial charge in [-0.15, -0.1) is 23.2 Å². The Morgan fingerprint density at radius 1 is 1.18 bits per heavy atom. The molecule has 0 aliphatic heterocycles. The van der Waals surface area contributed by atoms with Crippen molar-refractivity contribution in [1.82, 2.24) is 0 Å². The van der Waals surface area contributed by atoms with Crippen LogP contribution in [0.15, 0.2) is 0 Å². The van der Waals surface area contributed by atoms with Gasteiger partial charge in [0.2, 0.25) is 4.33 Å². The van der Waals surface area contributed by atoms with Gasteiger partial charge in [-0.25, -0.2) is 0 Å². The van der Waals surface area contributed by atoms with Crippen LogP contribution in [0.4, 0.5) is 13.2 Å². The maximum absolute atomic E-state index is 12.5. The van der Waals surface area contributed by atoms with Crippen molar-refractivity contribution in [1.29, 1.82) is 0 Å². The summed E-state index contributed by atoms with van der Waals surface area (Å²) < 4.78 is 34.5. The van der Waals surface area contributed by atoms with Crippen molar-refractivity contribution in [2.24, 2.45) is 5.92 Å². The first-order valence-corrected chi connectivity index (χ1v) is 6.22. The van der Waals surface area contributed by atoms with Crippen LogP contribution in [0.2, 0.25) is 0 Å². The molecular weight excluding hydrogens is 323 g/mol. The lowest BCUT2D eigenvalue weighted by molar-refractivity contribution is -0.147. The number of carbonyl (C=O) groups excluding carboxylic acids is 1. The van der Waals surface area contributed by atoms with Crippen LogP contribution in [-0.4, -0.2) is 27.0 Å². The van der Waals surface area contributed by atoms with Crippen LogP contribution in [0.5, 0.6) is 0 Å². The molecule has 0 spiro atoms. The minimum Gasteiger partial charge on any atom is -0.298 e. The lowest BCUT2D eigenvalue weighted by Gasteiger charge is -2.32. The lowest BCUT2D eigenvalue weighted by Crippen LogP contribution is -2.43. The third-order valence-electron chi connectivity index (χ3n) is 2.22. The zero-order chi connectivity index (χ0) is 14.1. The Bertz CT molecular complexity index is 283. The Morgan fingerprint density at radius 2 is 1.59 bits per heavy atom. The Kier molecular flexibility index (Phi) is 5.93. The fourth-order valence-corrected chi connectivity index (χ4v) is 1.90. The van der Waals surface area contributed by atoms with Gasteiger partial charge in [-0.05, 0) is 13.8 Å². The van der Waals surface area contributed by atoms with E-state index < -0.39 is 39.4 Å². The minimum atomic E-state index is -4.84. The third-order valence-corrected chi connectivity index (χ3v) is 3.49. The average Bonchev–Trinajstić information content (AvgIpc) is 2.09. The number of carbonyl (C=O) groups is 1. The molecule has 1 atom stereocenters. The number of Topliss-reactive ketones (excluding diaryl/α,β-unsaturated/α-hetero) is 1. The first kappa shape index (κ1) is 17.6. The molecule has 0 radical (unpaired) electrons. The van der Waals surface area contributed by atoms with Gasteiger partial charge >= 0.3 is 6.18 Å². The predicted octanol–water partition coefficient (Wildman–Crippen LogP) is 4.55. The highest BCUT2D eigenvalue weighted by Gasteiger charge is 2.55. The van der Waals surface area contributed by atoms with Crippen LogP contribution in [0.3, 0.4) is 0 Å². The molecule has 102 valence electrons. The highest BCUT2D eigenvalue weighted by Crippen LogP contribution is 2.47. The second-order valence-electron chi connectivity index (χ2n) is 4.12. The van der Waals surface area contributed by atoms with Crippen LogP contribution in [-0.2, 0) is 4.79 Å². The summed E-state index contributed by atoms with van der Waals surface area (Å²) in [6, 6.07) is 0. The highest BCUT2D eigenvalue weighted by atomic mass is 35.5. The first-order chi connectivity index (χ1) is 7.33. The minimum absolute atomic E-state index is 0.442. The number of alkyl halides is 7. The number of hydrogen-bond donors (Lipinski definition) is 0. The molecule has 0 aliphatic rings. The smallest absolute Gasteiger partial charge is 0.298 e. The van der Waals surface area contributed by atoms with Crippen molar-refractivity contribution in [3.05, 3.63) is 0 Å². The van der Waals surface area contributed by atoms with E-state index in [4.69, 9.17) is 46.4 Å². The summed E-state index contributed by atoms with van der Waals surface area (Å²) in [5.74, 6) is -2.25. The number of rotatable bonds is 5. The molecule has 8 heteroatoms. The van der Waals surface area contributed by atoms with Gasteiger partial charge in [-0.3, -0.25) is 4.79 Å². The zero-order valence-electron chi connectivity index (χ0n) is 9.05. The van der Waals surface area contributed by atoms with Crippen molar-refractivity contribution in [3.8, 4) is 0 Å². The maximum atomic E-state index is 12.5. The molecule has 0 aromatic rings. The van der Waals surface area contributed by atoms with E-state index in [2.05, 4.69) is 0 Å². The van der Waals surface area contributed by atoms with Gasteiger partial charge in [-0.1, -0.05) is 23.2 Å². The molecule has 0 aromatic heterocycles. The van der Waals surface area contributed by atoms with Crippen molar-refractivity contribution in [3.63, 3.8) is 0 Å². The molecule has 1 unspecified atom stereocenters. The first-order valence-electron chi connectivity index (χ1n) is 4.55. The van der Waals surface area contributed by atoms with Gasteiger partial charge in [0.15, 0.2) is 5.78 Å². The van der Waals surface area contributed by atoms with Gasteiger partial charge in [0, 0.05) is 17.2 Å². The molecule has 17 heavy (non-hydrogen) atoms. The molecule has 1 nitrogen and oxygen atoms in total. The lowest BCUT2D eigenvalue weighted by atomic mass is 9.86. The van der Waals surface area contributed by atoms with Gasteiger partial charge < -0.3 is 0 Å². The van der Waals surface area contributed by atoms with Gasteiger partial charge in [0.25, 0.3) is 0 Å². The quantitative estimate of drug-likeness (QED) is 0.674. The summed E-state index contributed by atoms with van der Waals surface area (Å²) in [4.78, 5) is 10.2. The number of hydrogen-bond acceptors (Lipinski definition) is 1. The molecular formula is C9H11Cl4F3O. The fourth-order valence-electron chi connectivity index (χ4n) is 1.20. The topological polar surface area (TPSA) is 17.1 Å². The van der Waals surface area contributed by atoms with Crippen LogP contribution in [0.1, 0.15) is 20.3 Å². The maximum Gasteiger partial charge on any atom is 0.421 e. The molecule has 0 saturated carbocycles. The van der Waals surface area contributed by atoms with Crippen LogP contribution < -0.4 is 0 Å². The monoisotopic (exact) mass is 332 g/mol. The van der Waals surface area contributed by atoms with E-state index in [0.29, 0.717) is 0 Å². The molecule has 0 aromatic carbocycles. The molecule has 0 bridgehead atoms. The SMILES string of the molecule is CC(C)(Cl)C(CC(Cl)(Cl)C(F)(F)F)C(=O)CCl. The Balaban J connectivity index is 5.09. The van der Waals surface area contributed by atoms with Crippen LogP contribution in [0, 0.1) is 5.92 Å². The van der Waals surface area contributed by atoms with E-state index in [0.717, 1.165) is 0 Å². The largest absolute Gasteiger partial charge is 0.421 e. The zero-order valence-corrected chi connectivity index (χ0v) is 12.1. The molecule has 0 aliphatic carbocycles. The molecule has 0 saturated heterocycles. The normalized spacial score (nSPS) is 15.8.